The van der Waals surface area contributed by atoms with Crippen LogP contribution in [0.5, 0.6) is 5.75 Å². The summed E-state index contributed by atoms with van der Waals surface area (Å²) in [7, 11) is 0. The zero-order valence-corrected chi connectivity index (χ0v) is 12.8. The predicted octanol–water partition coefficient (Wildman–Crippen LogP) is 4.33. The van der Waals surface area contributed by atoms with Gasteiger partial charge in [-0.25, -0.2) is 4.39 Å². The molecular weight excluding hydrogens is 265 g/mol. The van der Waals surface area contributed by atoms with Gasteiger partial charge in [-0.2, -0.15) is 0 Å². The Balaban J connectivity index is 2.13. The van der Waals surface area contributed by atoms with Crippen molar-refractivity contribution < 1.29 is 9.13 Å². The van der Waals surface area contributed by atoms with E-state index in [1.807, 2.05) is 30.3 Å². The van der Waals surface area contributed by atoms with Gasteiger partial charge in [-0.3, -0.25) is 0 Å². The lowest BCUT2D eigenvalue weighted by molar-refractivity contribution is 0.188. The molecule has 2 nitrogen and oxygen atoms in total. The van der Waals surface area contributed by atoms with Crippen molar-refractivity contribution in [3.8, 4) is 5.75 Å². The molecule has 2 aromatic rings. The minimum atomic E-state index is -0.258. The van der Waals surface area contributed by atoms with Crippen LogP contribution in [0, 0.1) is 5.82 Å². The second-order valence-electron chi connectivity index (χ2n) is 6.10. The van der Waals surface area contributed by atoms with E-state index in [0.717, 1.165) is 5.56 Å². The summed E-state index contributed by atoms with van der Waals surface area (Å²) in [5.74, 6) is 0.410. The zero-order valence-electron chi connectivity index (χ0n) is 12.8. The minimum absolute atomic E-state index is 0.0131. The van der Waals surface area contributed by atoms with Gasteiger partial charge < -0.3 is 10.1 Å². The van der Waals surface area contributed by atoms with Crippen molar-refractivity contribution in [3.05, 3.63) is 66.0 Å². The highest BCUT2D eigenvalue weighted by molar-refractivity contribution is 5.25. The molecule has 0 aliphatic heterocycles. The molecular formula is C18H22FNO. The second-order valence-corrected chi connectivity index (χ2v) is 6.10. The number of hydrogen-bond acceptors (Lipinski definition) is 2. The molecule has 1 unspecified atom stereocenters. The molecule has 1 atom stereocenters. The van der Waals surface area contributed by atoms with Crippen LogP contribution in [0.3, 0.4) is 0 Å². The summed E-state index contributed by atoms with van der Waals surface area (Å²) in [6, 6.07) is 16.2. The fraction of sp³-hybridized carbons (Fsp3) is 0.333. The summed E-state index contributed by atoms with van der Waals surface area (Å²) in [4.78, 5) is 0. The molecule has 0 heterocycles. The number of ether oxygens (including phenoxy) is 1. The molecule has 0 saturated heterocycles. The first-order valence-corrected chi connectivity index (χ1v) is 7.16. The molecule has 0 aliphatic carbocycles. The SMILES string of the molecule is CC(C)(C)NCC(Oc1ccc(F)cc1)c1ccccc1. The Labute approximate surface area is 126 Å². The highest BCUT2D eigenvalue weighted by Gasteiger charge is 2.17. The highest BCUT2D eigenvalue weighted by atomic mass is 19.1. The normalized spacial score (nSPS) is 13.0. The van der Waals surface area contributed by atoms with E-state index in [0.29, 0.717) is 12.3 Å². The Morgan fingerprint density at radius 2 is 1.62 bits per heavy atom. The van der Waals surface area contributed by atoms with Gasteiger partial charge in [0.1, 0.15) is 17.7 Å². The zero-order chi connectivity index (χ0) is 15.3. The lowest BCUT2D eigenvalue weighted by Crippen LogP contribution is -2.39. The van der Waals surface area contributed by atoms with E-state index >= 15 is 0 Å². The summed E-state index contributed by atoms with van der Waals surface area (Å²) in [6.07, 6.45) is -0.115. The third-order valence-electron chi connectivity index (χ3n) is 3.08. The van der Waals surface area contributed by atoms with E-state index in [1.54, 1.807) is 12.1 Å². The molecule has 2 aromatic carbocycles. The third-order valence-corrected chi connectivity index (χ3v) is 3.08. The van der Waals surface area contributed by atoms with Crippen LogP contribution in [0.15, 0.2) is 54.6 Å². The van der Waals surface area contributed by atoms with E-state index in [4.69, 9.17) is 4.74 Å². The monoisotopic (exact) mass is 287 g/mol. The average molecular weight is 287 g/mol. The maximum absolute atomic E-state index is 13.0. The molecule has 0 fully saturated rings. The van der Waals surface area contributed by atoms with Crippen LogP contribution < -0.4 is 10.1 Å². The molecule has 1 N–H and O–H groups in total. The van der Waals surface area contributed by atoms with Gasteiger partial charge in [-0.05, 0) is 50.6 Å². The summed E-state index contributed by atoms with van der Waals surface area (Å²) in [6.45, 7) is 7.04. The molecule has 0 spiro atoms. The number of rotatable bonds is 5. The Bertz CT molecular complexity index is 546. The van der Waals surface area contributed by atoms with E-state index < -0.39 is 0 Å². The summed E-state index contributed by atoms with van der Waals surface area (Å²) in [5, 5.41) is 3.45. The van der Waals surface area contributed by atoms with Crippen LogP contribution in [0.4, 0.5) is 4.39 Å². The molecule has 0 aromatic heterocycles. The Hall–Kier alpha value is -1.87. The van der Waals surface area contributed by atoms with Gasteiger partial charge >= 0.3 is 0 Å². The molecule has 0 saturated carbocycles. The Morgan fingerprint density at radius 3 is 2.19 bits per heavy atom. The molecule has 3 heteroatoms. The van der Waals surface area contributed by atoms with Crippen molar-refractivity contribution in [3.63, 3.8) is 0 Å². The van der Waals surface area contributed by atoms with Crippen LogP contribution >= 0.6 is 0 Å². The molecule has 21 heavy (non-hydrogen) atoms. The second kappa shape index (κ2) is 6.72. The van der Waals surface area contributed by atoms with Crippen LogP contribution in [0.1, 0.15) is 32.4 Å². The Morgan fingerprint density at radius 1 is 1.00 bits per heavy atom. The average Bonchev–Trinajstić information content (AvgIpc) is 2.45. The molecule has 0 radical (unpaired) electrons. The van der Waals surface area contributed by atoms with Gasteiger partial charge in [0.15, 0.2) is 0 Å². The van der Waals surface area contributed by atoms with E-state index in [-0.39, 0.29) is 17.5 Å². The van der Waals surface area contributed by atoms with Crippen molar-refractivity contribution in [2.75, 3.05) is 6.54 Å². The summed E-state index contributed by atoms with van der Waals surface area (Å²) >= 11 is 0. The van der Waals surface area contributed by atoms with Gasteiger partial charge in [0.25, 0.3) is 0 Å². The fourth-order valence-corrected chi connectivity index (χ4v) is 1.97. The fourth-order valence-electron chi connectivity index (χ4n) is 1.97. The quantitative estimate of drug-likeness (QED) is 0.883. The molecule has 112 valence electrons. The first-order chi connectivity index (χ1) is 9.94. The third kappa shape index (κ3) is 5.20. The largest absolute Gasteiger partial charge is 0.484 e. The minimum Gasteiger partial charge on any atom is -0.484 e. The number of hydrogen-bond donors (Lipinski definition) is 1. The number of halogens is 1. The maximum Gasteiger partial charge on any atom is 0.136 e. The first-order valence-electron chi connectivity index (χ1n) is 7.16. The van der Waals surface area contributed by atoms with Crippen molar-refractivity contribution in [2.24, 2.45) is 0 Å². The van der Waals surface area contributed by atoms with Gasteiger partial charge in [0.2, 0.25) is 0 Å². The van der Waals surface area contributed by atoms with Crippen molar-refractivity contribution in [1.82, 2.24) is 5.32 Å². The van der Waals surface area contributed by atoms with Gasteiger partial charge in [-0.15, -0.1) is 0 Å². The van der Waals surface area contributed by atoms with E-state index in [2.05, 4.69) is 26.1 Å². The van der Waals surface area contributed by atoms with Crippen LogP contribution in [0.2, 0.25) is 0 Å². The van der Waals surface area contributed by atoms with Gasteiger partial charge in [0.05, 0.1) is 0 Å². The van der Waals surface area contributed by atoms with Gasteiger partial charge in [-0.1, -0.05) is 30.3 Å². The van der Waals surface area contributed by atoms with Crippen molar-refractivity contribution >= 4 is 0 Å². The molecule has 0 amide bonds. The predicted molar refractivity (Wildman–Crippen MR) is 84.0 cm³/mol. The van der Waals surface area contributed by atoms with Crippen LogP contribution in [-0.4, -0.2) is 12.1 Å². The maximum atomic E-state index is 13.0. The van der Waals surface area contributed by atoms with Crippen LogP contribution in [-0.2, 0) is 0 Å². The van der Waals surface area contributed by atoms with E-state index in [1.165, 1.54) is 12.1 Å². The number of nitrogens with one attached hydrogen (secondary N) is 1. The van der Waals surface area contributed by atoms with Crippen molar-refractivity contribution in [2.45, 2.75) is 32.4 Å². The summed E-state index contributed by atoms with van der Waals surface area (Å²) < 4.78 is 19.0. The molecule has 0 bridgehead atoms. The first kappa shape index (κ1) is 15.5. The van der Waals surface area contributed by atoms with Crippen molar-refractivity contribution in [1.29, 1.82) is 0 Å². The lowest BCUT2D eigenvalue weighted by Gasteiger charge is -2.26. The van der Waals surface area contributed by atoms with Crippen LogP contribution in [0.25, 0.3) is 0 Å². The Kier molecular flexibility index (Phi) is 4.97. The standard InChI is InChI=1S/C18H22FNO/c1-18(2,3)20-13-17(14-7-5-4-6-8-14)21-16-11-9-15(19)10-12-16/h4-12,17,20H,13H2,1-3H3. The smallest absolute Gasteiger partial charge is 0.136 e. The molecule has 0 aliphatic rings. The van der Waals surface area contributed by atoms with E-state index in [9.17, 15) is 4.39 Å². The lowest BCUT2D eigenvalue weighted by atomic mass is 10.1. The number of benzene rings is 2. The molecule has 2 rings (SSSR count). The summed E-state index contributed by atoms with van der Waals surface area (Å²) in [5.41, 5.74) is 1.11. The van der Waals surface area contributed by atoms with Gasteiger partial charge in [0, 0.05) is 12.1 Å². The topological polar surface area (TPSA) is 21.3 Å². The highest BCUT2D eigenvalue weighted by Crippen LogP contribution is 2.22.